The fourth-order valence-corrected chi connectivity index (χ4v) is 4.38. The summed E-state index contributed by atoms with van der Waals surface area (Å²) < 4.78 is 14.8. The van der Waals surface area contributed by atoms with Crippen molar-refractivity contribution in [3.63, 3.8) is 0 Å². The van der Waals surface area contributed by atoms with Crippen molar-refractivity contribution in [3.8, 4) is 0 Å². The zero-order chi connectivity index (χ0) is 20.0. The summed E-state index contributed by atoms with van der Waals surface area (Å²) >= 11 is 0. The maximum Gasteiger partial charge on any atom is 0.262 e. The Kier molecular flexibility index (Phi) is 4.69. The monoisotopic (exact) mass is 385 g/mol. The summed E-state index contributed by atoms with van der Waals surface area (Å²) in [5, 5.41) is 2.60. The Bertz CT molecular complexity index is 874. The summed E-state index contributed by atoms with van der Waals surface area (Å²) in [4.78, 5) is 40.9. The minimum absolute atomic E-state index is 0.0342. The number of imide groups is 1. The van der Waals surface area contributed by atoms with Crippen LogP contribution in [0.2, 0.25) is 0 Å². The van der Waals surface area contributed by atoms with E-state index in [1.165, 1.54) is 6.07 Å². The lowest BCUT2D eigenvalue weighted by atomic mass is 9.94. The van der Waals surface area contributed by atoms with Gasteiger partial charge in [0.15, 0.2) is 0 Å². The van der Waals surface area contributed by atoms with Crippen LogP contribution in [0.25, 0.3) is 0 Å². The first-order valence-corrected chi connectivity index (χ1v) is 9.85. The van der Waals surface area contributed by atoms with Crippen molar-refractivity contribution in [2.45, 2.75) is 45.1 Å². The fraction of sp³-hybridized carbons (Fsp3) is 0.476. The van der Waals surface area contributed by atoms with E-state index in [1.807, 2.05) is 4.90 Å². The third-order valence-electron chi connectivity index (χ3n) is 6.15. The number of piperidine rings is 2. The van der Waals surface area contributed by atoms with E-state index in [4.69, 9.17) is 0 Å². The molecule has 1 aromatic carbocycles. The summed E-state index contributed by atoms with van der Waals surface area (Å²) in [5.74, 6) is -1.42. The van der Waals surface area contributed by atoms with Gasteiger partial charge >= 0.3 is 0 Å². The molecule has 3 aliphatic rings. The van der Waals surface area contributed by atoms with Crippen molar-refractivity contribution in [2.24, 2.45) is 5.92 Å². The fourth-order valence-electron chi connectivity index (χ4n) is 4.38. The smallest absolute Gasteiger partial charge is 0.262 e. The second kappa shape index (κ2) is 7.04. The number of fused-ring (bicyclic) bond motifs is 1. The number of hydrogen-bond acceptors (Lipinski definition) is 4. The van der Waals surface area contributed by atoms with E-state index in [2.05, 4.69) is 18.8 Å². The number of rotatable bonds is 3. The number of nitrogens with one attached hydrogen (secondary N) is 1. The molecule has 0 saturated carbocycles. The number of allylic oxidation sites excluding steroid dienone is 1. The highest BCUT2D eigenvalue weighted by Crippen LogP contribution is 2.34. The molecule has 3 amide bonds. The highest BCUT2D eigenvalue weighted by atomic mass is 19.1. The summed E-state index contributed by atoms with van der Waals surface area (Å²) in [6.45, 7) is 7.33. The Morgan fingerprint density at radius 1 is 1.11 bits per heavy atom. The molecule has 0 radical (unpaired) electrons. The molecular weight excluding hydrogens is 361 g/mol. The third-order valence-corrected chi connectivity index (χ3v) is 6.15. The van der Waals surface area contributed by atoms with Crippen LogP contribution in [0.5, 0.6) is 0 Å². The van der Waals surface area contributed by atoms with E-state index < -0.39 is 29.6 Å². The van der Waals surface area contributed by atoms with Crippen LogP contribution >= 0.6 is 0 Å². The summed E-state index contributed by atoms with van der Waals surface area (Å²) in [6.07, 6.45) is 3.90. The largest absolute Gasteiger partial charge is 0.369 e. The standard InChI is InChI=1S/C21H24FN3O3/c1-3-13-6-8-24(9-7-13)18-11-15-14(10-16(18)22)20(27)25(21(15)28)17-5-4-12(2)23-19(17)26/h10-11,13,17H,2-9H2,1H3,(H,23,26). The predicted octanol–water partition coefficient (Wildman–Crippen LogP) is 2.84. The quantitative estimate of drug-likeness (QED) is 0.813. The Hall–Kier alpha value is -2.70. The van der Waals surface area contributed by atoms with E-state index in [0.29, 0.717) is 30.1 Å². The topological polar surface area (TPSA) is 69.7 Å². The number of halogens is 1. The summed E-state index contributed by atoms with van der Waals surface area (Å²) in [5.41, 5.74) is 1.14. The van der Waals surface area contributed by atoms with E-state index in [-0.39, 0.29) is 11.1 Å². The van der Waals surface area contributed by atoms with E-state index >= 15 is 0 Å². The zero-order valence-corrected chi connectivity index (χ0v) is 16.0. The van der Waals surface area contributed by atoms with E-state index in [0.717, 1.165) is 43.3 Å². The van der Waals surface area contributed by atoms with E-state index in [9.17, 15) is 18.8 Å². The maximum atomic E-state index is 14.8. The molecule has 0 aliphatic carbocycles. The third kappa shape index (κ3) is 2.99. The average molecular weight is 385 g/mol. The van der Waals surface area contributed by atoms with Crippen LogP contribution in [0.4, 0.5) is 10.1 Å². The number of carbonyl (C=O) groups is 3. The van der Waals surface area contributed by atoms with Crippen molar-refractivity contribution in [2.75, 3.05) is 18.0 Å². The van der Waals surface area contributed by atoms with Gasteiger partial charge in [0.05, 0.1) is 16.8 Å². The number of carbonyl (C=O) groups excluding carboxylic acids is 3. The molecule has 3 heterocycles. The molecule has 0 bridgehead atoms. The van der Waals surface area contributed by atoms with Gasteiger partial charge < -0.3 is 10.2 Å². The SMILES string of the molecule is C=C1CCC(N2C(=O)c3cc(F)c(N4CCC(CC)CC4)cc3C2=O)C(=O)N1. The van der Waals surface area contributed by atoms with Crippen LogP contribution in [0, 0.1) is 11.7 Å². The molecule has 2 saturated heterocycles. The Morgan fingerprint density at radius 2 is 1.75 bits per heavy atom. The van der Waals surface area contributed by atoms with Gasteiger partial charge in [-0.25, -0.2) is 4.39 Å². The summed E-state index contributed by atoms with van der Waals surface area (Å²) in [6, 6.07) is 1.75. The molecule has 2 fully saturated rings. The number of anilines is 1. The highest BCUT2D eigenvalue weighted by molar-refractivity contribution is 6.23. The first kappa shape index (κ1) is 18.7. The van der Waals surface area contributed by atoms with E-state index in [1.54, 1.807) is 0 Å². The zero-order valence-electron chi connectivity index (χ0n) is 16.0. The Balaban J connectivity index is 1.62. The molecule has 28 heavy (non-hydrogen) atoms. The molecule has 4 rings (SSSR count). The van der Waals surface area contributed by atoms with Crippen LogP contribution in [-0.2, 0) is 4.79 Å². The molecule has 1 unspecified atom stereocenters. The molecule has 0 aromatic heterocycles. The number of nitrogens with zero attached hydrogens (tertiary/aromatic N) is 2. The lowest BCUT2D eigenvalue weighted by molar-refractivity contribution is -0.125. The second-order valence-corrected chi connectivity index (χ2v) is 7.82. The Morgan fingerprint density at radius 3 is 2.36 bits per heavy atom. The van der Waals surface area contributed by atoms with Crippen molar-refractivity contribution in [3.05, 3.63) is 41.4 Å². The summed E-state index contributed by atoms with van der Waals surface area (Å²) in [7, 11) is 0. The Labute approximate surface area is 163 Å². The molecule has 1 N–H and O–H groups in total. The molecule has 3 aliphatic heterocycles. The normalized spacial score (nSPS) is 23.3. The molecule has 1 atom stereocenters. The van der Waals surface area contributed by atoms with Gasteiger partial charge in [-0.05, 0) is 43.7 Å². The molecule has 0 spiro atoms. The first-order valence-electron chi connectivity index (χ1n) is 9.85. The first-order chi connectivity index (χ1) is 13.4. The number of benzene rings is 1. The minimum Gasteiger partial charge on any atom is -0.369 e. The maximum absolute atomic E-state index is 14.8. The highest BCUT2D eigenvalue weighted by Gasteiger charge is 2.44. The van der Waals surface area contributed by atoms with Crippen molar-refractivity contribution in [1.29, 1.82) is 0 Å². The molecule has 148 valence electrons. The number of hydrogen-bond donors (Lipinski definition) is 1. The van der Waals surface area contributed by atoms with Gasteiger partial charge in [-0.2, -0.15) is 0 Å². The van der Waals surface area contributed by atoms with Gasteiger partial charge in [-0.1, -0.05) is 19.9 Å². The molecule has 7 heteroatoms. The molecule has 6 nitrogen and oxygen atoms in total. The van der Waals surface area contributed by atoms with Crippen LogP contribution in [-0.4, -0.2) is 41.8 Å². The lowest BCUT2D eigenvalue weighted by Crippen LogP contribution is -2.51. The molecule has 1 aromatic rings. The van der Waals surface area contributed by atoms with Crippen molar-refractivity contribution in [1.82, 2.24) is 10.2 Å². The minimum atomic E-state index is -0.885. The van der Waals surface area contributed by atoms with Crippen molar-refractivity contribution >= 4 is 23.4 Å². The predicted molar refractivity (Wildman–Crippen MR) is 102 cm³/mol. The van der Waals surface area contributed by atoms with Crippen LogP contribution in [0.1, 0.15) is 59.7 Å². The van der Waals surface area contributed by atoms with Gasteiger partial charge in [0, 0.05) is 18.8 Å². The van der Waals surface area contributed by atoms with Crippen LogP contribution < -0.4 is 10.2 Å². The second-order valence-electron chi connectivity index (χ2n) is 7.82. The average Bonchev–Trinajstić information content (AvgIpc) is 2.91. The van der Waals surface area contributed by atoms with Gasteiger partial charge in [0.1, 0.15) is 11.9 Å². The van der Waals surface area contributed by atoms with Gasteiger partial charge in [0.25, 0.3) is 11.8 Å². The van der Waals surface area contributed by atoms with Crippen LogP contribution in [0.3, 0.4) is 0 Å². The van der Waals surface area contributed by atoms with Gasteiger partial charge in [-0.3, -0.25) is 19.3 Å². The van der Waals surface area contributed by atoms with Crippen molar-refractivity contribution < 1.29 is 18.8 Å². The lowest BCUT2D eigenvalue weighted by Gasteiger charge is -2.33. The molecular formula is C21H24FN3O3. The number of amides is 3. The van der Waals surface area contributed by atoms with Gasteiger partial charge in [0.2, 0.25) is 5.91 Å². The van der Waals surface area contributed by atoms with Gasteiger partial charge in [-0.15, -0.1) is 0 Å². The van der Waals surface area contributed by atoms with Crippen LogP contribution in [0.15, 0.2) is 24.4 Å².